The van der Waals surface area contributed by atoms with E-state index >= 15 is 0 Å². The van der Waals surface area contributed by atoms with Crippen molar-refractivity contribution in [1.82, 2.24) is 19.8 Å². The average molecular weight is 449 g/mol. The van der Waals surface area contributed by atoms with Crippen molar-refractivity contribution in [2.24, 2.45) is 5.73 Å². The molecule has 1 atom stereocenters. The van der Waals surface area contributed by atoms with E-state index in [-0.39, 0.29) is 61.4 Å². The van der Waals surface area contributed by atoms with Gasteiger partial charge in [0.15, 0.2) is 11.5 Å². The fourth-order valence-electron chi connectivity index (χ4n) is 3.98. The average Bonchev–Trinajstić information content (AvgIpc) is 3.35. The van der Waals surface area contributed by atoms with Crippen molar-refractivity contribution in [3.05, 3.63) is 47.2 Å². The van der Waals surface area contributed by atoms with Crippen molar-refractivity contribution in [3.63, 3.8) is 0 Å². The number of hydrogen-bond acceptors (Lipinski definition) is 6. The van der Waals surface area contributed by atoms with Crippen LogP contribution in [0.2, 0.25) is 0 Å². The van der Waals surface area contributed by atoms with Crippen molar-refractivity contribution in [1.29, 1.82) is 0 Å². The van der Waals surface area contributed by atoms with E-state index < -0.39 is 17.9 Å². The molecule has 2 amide bonds. The second-order valence-corrected chi connectivity index (χ2v) is 8.07. The van der Waals surface area contributed by atoms with Gasteiger partial charge in [-0.15, -0.1) is 0 Å². The van der Waals surface area contributed by atoms with Gasteiger partial charge < -0.3 is 20.0 Å². The van der Waals surface area contributed by atoms with Gasteiger partial charge in [-0.2, -0.15) is 13.2 Å². The molecule has 8 nitrogen and oxygen atoms in total. The van der Waals surface area contributed by atoms with Gasteiger partial charge in [0, 0.05) is 43.7 Å². The minimum absolute atomic E-state index is 0.00214. The van der Waals surface area contributed by atoms with Crippen LogP contribution in [0.5, 0.6) is 0 Å². The first kappa shape index (κ1) is 22.0. The molecule has 2 N–H and O–H groups in total. The van der Waals surface area contributed by atoms with Crippen LogP contribution in [-0.4, -0.2) is 57.3 Å². The maximum atomic E-state index is 13.6. The maximum absolute atomic E-state index is 13.6. The van der Waals surface area contributed by atoms with Crippen LogP contribution >= 0.6 is 0 Å². The number of furan rings is 1. The number of carbonyl (C=O) groups is 2. The third kappa shape index (κ3) is 4.52. The standard InChI is InChI=1S/C21H22F3N5O3/c1-12-6-17(30)29(8-12)9-14(25)7-18(31)28-4-2-15-16(10-28)26-20(13-3-5-32-11-13)27-19(15)21(22,23)24/h3,5-6,11,14H,2,4,7-10,25H2,1H3/t14-/m1/s1. The van der Waals surface area contributed by atoms with E-state index in [2.05, 4.69) is 9.97 Å². The zero-order valence-electron chi connectivity index (χ0n) is 17.4. The molecule has 0 aromatic carbocycles. The molecule has 4 rings (SSSR count). The Bertz CT molecular complexity index is 1070. The molecule has 2 aromatic rings. The fraction of sp³-hybridized carbons (Fsp3) is 0.429. The summed E-state index contributed by atoms with van der Waals surface area (Å²) in [6, 6.07) is 0.896. The quantitative estimate of drug-likeness (QED) is 0.750. The molecule has 0 spiro atoms. The molecule has 11 heteroatoms. The van der Waals surface area contributed by atoms with Crippen molar-refractivity contribution < 1.29 is 27.2 Å². The number of carbonyl (C=O) groups excluding carboxylic acids is 2. The molecule has 4 heterocycles. The number of alkyl halides is 3. The van der Waals surface area contributed by atoms with Gasteiger partial charge in [-0.1, -0.05) is 0 Å². The van der Waals surface area contributed by atoms with Crippen LogP contribution in [-0.2, 0) is 28.7 Å². The Morgan fingerprint density at radius 2 is 2.09 bits per heavy atom. The summed E-state index contributed by atoms with van der Waals surface area (Å²) < 4.78 is 45.8. The Hall–Kier alpha value is -3.21. The van der Waals surface area contributed by atoms with Gasteiger partial charge in [0.25, 0.3) is 0 Å². The Labute approximate surface area is 181 Å². The van der Waals surface area contributed by atoms with Crippen LogP contribution < -0.4 is 5.73 Å². The minimum atomic E-state index is -4.64. The summed E-state index contributed by atoms with van der Waals surface area (Å²) in [5.74, 6) is -0.539. The largest absolute Gasteiger partial charge is 0.472 e. The number of hydrogen-bond donors (Lipinski definition) is 1. The zero-order chi connectivity index (χ0) is 23.0. The Kier molecular flexibility index (Phi) is 5.76. The summed E-state index contributed by atoms with van der Waals surface area (Å²) in [4.78, 5) is 35.7. The second-order valence-electron chi connectivity index (χ2n) is 8.07. The topological polar surface area (TPSA) is 106 Å². The van der Waals surface area contributed by atoms with Crippen LogP contribution in [0.3, 0.4) is 0 Å². The molecular weight excluding hydrogens is 427 g/mol. The van der Waals surface area contributed by atoms with E-state index in [0.717, 1.165) is 5.57 Å². The van der Waals surface area contributed by atoms with Crippen LogP contribution in [0.1, 0.15) is 30.3 Å². The normalized spacial score (nSPS) is 17.4. The monoisotopic (exact) mass is 449 g/mol. The highest BCUT2D eigenvalue weighted by Crippen LogP contribution is 2.35. The number of aromatic nitrogens is 2. The number of nitrogens with two attached hydrogens (primary N) is 1. The highest BCUT2D eigenvalue weighted by atomic mass is 19.4. The number of nitrogens with zero attached hydrogens (tertiary/aromatic N) is 4. The molecular formula is C21H22F3N5O3. The van der Waals surface area contributed by atoms with Crippen molar-refractivity contribution in [3.8, 4) is 11.4 Å². The first-order valence-corrected chi connectivity index (χ1v) is 10.1. The number of halogens is 3. The third-order valence-electron chi connectivity index (χ3n) is 5.48. The molecule has 0 fully saturated rings. The summed E-state index contributed by atoms with van der Waals surface area (Å²) in [5.41, 5.74) is 6.50. The van der Waals surface area contributed by atoms with Gasteiger partial charge in [0.05, 0.1) is 24.1 Å². The Morgan fingerprint density at radius 1 is 1.31 bits per heavy atom. The zero-order valence-corrected chi connectivity index (χ0v) is 17.4. The molecule has 2 aliphatic rings. The van der Waals surface area contributed by atoms with Crippen molar-refractivity contribution in [2.45, 2.75) is 38.5 Å². The first-order valence-electron chi connectivity index (χ1n) is 10.1. The van der Waals surface area contributed by atoms with Crippen LogP contribution in [0, 0.1) is 0 Å². The molecule has 0 saturated heterocycles. The van der Waals surface area contributed by atoms with Crippen molar-refractivity contribution >= 4 is 11.8 Å². The molecule has 0 bridgehead atoms. The first-order chi connectivity index (χ1) is 15.1. The van der Waals surface area contributed by atoms with Gasteiger partial charge in [0.2, 0.25) is 11.8 Å². The summed E-state index contributed by atoms with van der Waals surface area (Å²) >= 11 is 0. The lowest BCUT2D eigenvalue weighted by atomic mass is 10.0. The van der Waals surface area contributed by atoms with Gasteiger partial charge >= 0.3 is 6.18 Å². The van der Waals surface area contributed by atoms with E-state index in [1.807, 2.05) is 6.92 Å². The summed E-state index contributed by atoms with van der Waals surface area (Å²) in [5, 5.41) is 0. The van der Waals surface area contributed by atoms with Crippen LogP contribution in [0.25, 0.3) is 11.4 Å². The van der Waals surface area contributed by atoms with E-state index in [1.54, 1.807) is 4.90 Å². The van der Waals surface area contributed by atoms with E-state index in [4.69, 9.17) is 10.2 Å². The van der Waals surface area contributed by atoms with E-state index in [9.17, 15) is 22.8 Å². The molecule has 170 valence electrons. The Balaban J connectivity index is 1.49. The molecule has 0 aliphatic carbocycles. The van der Waals surface area contributed by atoms with Gasteiger partial charge in [-0.05, 0) is 25.0 Å². The predicted octanol–water partition coefficient (Wildman–Crippen LogP) is 2.15. The number of amides is 2. The summed E-state index contributed by atoms with van der Waals surface area (Å²) in [7, 11) is 0. The SMILES string of the molecule is CC1=CC(=O)N(C[C@H](N)CC(=O)N2CCc3c(nc(-c4ccoc4)nc3C(F)(F)F)C2)C1. The smallest absolute Gasteiger partial charge is 0.433 e. The van der Waals surface area contributed by atoms with E-state index in [0.29, 0.717) is 12.1 Å². The van der Waals surface area contributed by atoms with Gasteiger partial charge in [0.1, 0.15) is 6.26 Å². The molecule has 0 saturated carbocycles. The minimum Gasteiger partial charge on any atom is -0.472 e. The highest BCUT2D eigenvalue weighted by molar-refractivity contribution is 5.91. The lowest BCUT2D eigenvalue weighted by Crippen LogP contribution is -2.44. The second kappa shape index (κ2) is 8.38. The number of fused-ring (bicyclic) bond motifs is 1. The van der Waals surface area contributed by atoms with Crippen LogP contribution in [0.4, 0.5) is 13.2 Å². The van der Waals surface area contributed by atoms with Gasteiger partial charge in [-0.3, -0.25) is 9.59 Å². The fourth-order valence-corrected chi connectivity index (χ4v) is 3.98. The summed E-state index contributed by atoms with van der Waals surface area (Å²) in [6.07, 6.45) is -0.553. The maximum Gasteiger partial charge on any atom is 0.433 e. The van der Waals surface area contributed by atoms with Crippen LogP contribution in [0.15, 0.2) is 34.7 Å². The Morgan fingerprint density at radius 3 is 2.72 bits per heavy atom. The van der Waals surface area contributed by atoms with Crippen molar-refractivity contribution in [2.75, 3.05) is 19.6 Å². The lowest BCUT2D eigenvalue weighted by molar-refractivity contribution is -0.142. The molecule has 2 aromatic heterocycles. The molecule has 2 aliphatic heterocycles. The lowest BCUT2D eigenvalue weighted by Gasteiger charge is -2.31. The molecule has 0 radical (unpaired) electrons. The number of rotatable bonds is 5. The van der Waals surface area contributed by atoms with E-state index in [1.165, 1.54) is 29.6 Å². The molecule has 0 unspecified atom stereocenters. The predicted molar refractivity (Wildman–Crippen MR) is 107 cm³/mol. The van der Waals surface area contributed by atoms with Gasteiger partial charge in [-0.25, -0.2) is 9.97 Å². The summed E-state index contributed by atoms with van der Waals surface area (Å²) in [6.45, 7) is 2.59. The highest BCUT2D eigenvalue weighted by Gasteiger charge is 2.39. The molecule has 32 heavy (non-hydrogen) atoms. The third-order valence-corrected chi connectivity index (χ3v) is 5.48.